The Hall–Kier alpha value is -2.19. The van der Waals surface area contributed by atoms with Crippen molar-refractivity contribution in [3.8, 4) is 0 Å². The van der Waals surface area contributed by atoms with Gasteiger partial charge in [-0.25, -0.2) is 5.84 Å². The Morgan fingerprint density at radius 2 is 1.77 bits per heavy atom. The molecule has 35 heavy (non-hydrogen) atoms. The summed E-state index contributed by atoms with van der Waals surface area (Å²) in [6.07, 6.45) is 12.1. The van der Waals surface area contributed by atoms with Crippen molar-refractivity contribution in [2.75, 3.05) is 45.8 Å². The number of piperidine rings is 1. The molecular formula is C28H42N6O. The molecule has 1 saturated carbocycles. The number of hydrogen-bond donors (Lipinski definition) is 2. The van der Waals surface area contributed by atoms with Gasteiger partial charge in [-0.1, -0.05) is 30.3 Å². The molecule has 190 valence electrons. The van der Waals surface area contributed by atoms with E-state index in [1.165, 1.54) is 54.9 Å². The molecule has 7 nitrogen and oxygen atoms in total. The fourth-order valence-corrected chi connectivity index (χ4v) is 5.75. The molecule has 3 aliphatic heterocycles. The average Bonchev–Trinajstić information content (AvgIpc) is 3.72. The van der Waals surface area contributed by atoms with Crippen LogP contribution >= 0.6 is 0 Å². The summed E-state index contributed by atoms with van der Waals surface area (Å²) in [5, 5.41) is 4.85. The largest absolute Gasteiger partial charge is 0.362 e. The van der Waals surface area contributed by atoms with Crippen LogP contribution in [0.25, 0.3) is 0 Å². The zero-order valence-corrected chi connectivity index (χ0v) is 21.2. The first-order valence-electron chi connectivity index (χ1n) is 13.5. The van der Waals surface area contributed by atoms with E-state index in [-0.39, 0.29) is 12.1 Å². The van der Waals surface area contributed by atoms with Crippen molar-refractivity contribution in [1.29, 1.82) is 0 Å². The second-order valence-corrected chi connectivity index (χ2v) is 10.8. The molecule has 3 N–H and O–H groups in total. The van der Waals surface area contributed by atoms with E-state index in [1.54, 1.807) is 0 Å². The molecule has 0 bridgehead atoms. The molecule has 0 aromatic heterocycles. The standard InChI is InChI=1S/C28H42N6O/c1-22-6-2-3-7-24(22)21-31-16-12-25(13-17-31)32-14-5-15-33(19-18-32)27-9-4-8-26(30-27)28(35)34(29)20-23-10-11-23/h2-4,6-9,23,25,27,30H,5,10-21,29H2,1H3. The number of aryl methyl sites for hydroxylation is 1. The Morgan fingerprint density at radius 1 is 1.03 bits per heavy atom. The van der Waals surface area contributed by atoms with E-state index in [0.717, 1.165) is 39.1 Å². The van der Waals surface area contributed by atoms with Gasteiger partial charge in [-0.15, -0.1) is 0 Å². The van der Waals surface area contributed by atoms with Crippen molar-refractivity contribution in [3.63, 3.8) is 0 Å². The molecule has 0 radical (unpaired) electrons. The third-order valence-electron chi connectivity index (χ3n) is 8.19. The van der Waals surface area contributed by atoms with Gasteiger partial charge in [-0.3, -0.25) is 24.5 Å². The Kier molecular flexibility index (Phi) is 7.88. The number of carbonyl (C=O) groups excluding carboxylic acids is 1. The first-order chi connectivity index (χ1) is 17.1. The van der Waals surface area contributed by atoms with Crippen molar-refractivity contribution in [3.05, 3.63) is 59.3 Å². The normalized spacial score (nSPS) is 25.1. The maximum absolute atomic E-state index is 12.8. The Labute approximate surface area is 210 Å². The molecule has 1 amide bonds. The number of carbonyl (C=O) groups is 1. The molecule has 2 saturated heterocycles. The molecule has 3 heterocycles. The highest BCUT2D eigenvalue weighted by Gasteiger charge is 2.31. The van der Waals surface area contributed by atoms with E-state index >= 15 is 0 Å². The van der Waals surface area contributed by atoms with Crippen LogP contribution in [0.15, 0.2) is 48.2 Å². The summed E-state index contributed by atoms with van der Waals surface area (Å²) >= 11 is 0. The van der Waals surface area contributed by atoms with Crippen molar-refractivity contribution in [2.24, 2.45) is 11.8 Å². The van der Waals surface area contributed by atoms with Crippen LogP contribution in [-0.4, -0.2) is 83.6 Å². The number of dihydropyridines is 1. The van der Waals surface area contributed by atoms with Gasteiger partial charge in [0.25, 0.3) is 5.91 Å². The van der Waals surface area contributed by atoms with Crippen LogP contribution in [0.5, 0.6) is 0 Å². The number of nitrogens with two attached hydrogens (primary N) is 1. The van der Waals surface area contributed by atoms with Crippen molar-refractivity contribution < 1.29 is 4.79 Å². The Morgan fingerprint density at radius 3 is 2.54 bits per heavy atom. The van der Waals surface area contributed by atoms with Crippen LogP contribution in [0.2, 0.25) is 0 Å². The summed E-state index contributed by atoms with van der Waals surface area (Å²) in [4.78, 5) is 20.6. The number of allylic oxidation sites excluding steroid dienone is 2. The molecule has 7 heteroatoms. The molecule has 3 fully saturated rings. The molecule has 5 rings (SSSR count). The number of hydrogen-bond acceptors (Lipinski definition) is 6. The smallest absolute Gasteiger partial charge is 0.283 e. The lowest BCUT2D eigenvalue weighted by atomic mass is 10.0. The zero-order chi connectivity index (χ0) is 24.2. The highest BCUT2D eigenvalue weighted by atomic mass is 16.2. The van der Waals surface area contributed by atoms with E-state index in [0.29, 0.717) is 24.2 Å². The SMILES string of the molecule is Cc1ccccc1CN1CCC(N2CCCN(C3C=CC=C(C(=O)N(N)CC4CC4)N3)CC2)CC1. The monoisotopic (exact) mass is 478 g/mol. The highest BCUT2D eigenvalue weighted by molar-refractivity contribution is 5.93. The molecule has 0 spiro atoms. The fraction of sp³-hybridized carbons (Fsp3) is 0.607. The average molecular weight is 479 g/mol. The number of nitrogens with zero attached hydrogens (tertiary/aromatic N) is 4. The number of likely N-dealkylation sites (tertiary alicyclic amines) is 1. The van der Waals surface area contributed by atoms with Gasteiger partial charge in [0.1, 0.15) is 5.70 Å². The van der Waals surface area contributed by atoms with Crippen LogP contribution in [-0.2, 0) is 11.3 Å². The predicted octanol–water partition coefficient (Wildman–Crippen LogP) is 2.45. The van der Waals surface area contributed by atoms with Crippen LogP contribution in [0, 0.1) is 12.8 Å². The molecular weight excluding hydrogens is 436 g/mol. The van der Waals surface area contributed by atoms with Crippen LogP contribution < -0.4 is 11.2 Å². The second-order valence-electron chi connectivity index (χ2n) is 10.8. The first-order valence-corrected chi connectivity index (χ1v) is 13.5. The summed E-state index contributed by atoms with van der Waals surface area (Å²) in [6, 6.07) is 9.46. The van der Waals surface area contributed by atoms with E-state index < -0.39 is 0 Å². The third-order valence-corrected chi connectivity index (χ3v) is 8.19. The minimum absolute atomic E-state index is 0.0594. The maximum atomic E-state index is 12.8. The third kappa shape index (κ3) is 6.33. The van der Waals surface area contributed by atoms with E-state index in [9.17, 15) is 4.79 Å². The lowest BCUT2D eigenvalue weighted by Crippen LogP contribution is -2.51. The highest BCUT2D eigenvalue weighted by Crippen LogP contribution is 2.29. The summed E-state index contributed by atoms with van der Waals surface area (Å²) in [5.74, 6) is 6.55. The van der Waals surface area contributed by atoms with Crippen molar-refractivity contribution in [1.82, 2.24) is 25.0 Å². The summed E-state index contributed by atoms with van der Waals surface area (Å²) in [5.41, 5.74) is 3.47. The van der Waals surface area contributed by atoms with Gasteiger partial charge in [-0.2, -0.15) is 0 Å². The number of benzene rings is 1. The molecule has 4 aliphatic rings. The van der Waals surface area contributed by atoms with Crippen LogP contribution in [0.1, 0.15) is 43.2 Å². The first kappa shape index (κ1) is 24.5. The van der Waals surface area contributed by atoms with Gasteiger partial charge in [0.15, 0.2) is 0 Å². The zero-order valence-electron chi connectivity index (χ0n) is 21.2. The summed E-state index contributed by atoms with van der Waals surface area (Å²) in [7, 11) is 0. The molecule has 1 aromatic rings. The van der Waals surface area contributed by atoms with E-state index in [1.807, 2.05) is 12.2 Å². The van der Waals surface area contributed by atoms with Gasteiger partial charge in [-0.05, 0) is 87.9 Å². The molecule has 1 unspecified atom stereocenters. The topological polar surface area (TPSA) is 68.1 Å². The van der Waals surface area contributed by atoms with Crippen molar-refractivity contribution >= 4 is 5.91 Å². The van der Waals surface area contributed by atoms with Gasteiger partial charge >= 0.3 is 0 Å². The fourth-order valence-electron chi connectivity index (χ4n) is 5.75. The number of rotatable bonds is 7. The molecule has 1 atom stereocenters. The predicted molar refractivity (Wildman–Crippen MR) is 140 cm³/mol. The summed E-state index contributed by atoms with van der Waals surface area (Å²) in [6.45, 7) is 10.6. The van der Waals surface area contributed by atoms with Crippen LogP contribution in [0.4, 0.5) is 0 Å². The Bertz CT molecular complexity index is 933. The van der Waals surface area contributed by atoms with E-state index in [4.69, 9.17) is 5.84 Å². The van der Waals surface area contributed by atoms with Gasteiger partial charge in [0, 0.05) is 38.8 Å². The Balaban J connectivity index is 1.08. The number of hydrazine groups is 1. The van der Waals surface area contributed by atoms with E-state index in [2.05, 4.69) is 57.3 Å². The van der Waals surface area contributed by atoms with Crippen LogP contribution in [0.3, 0.4) is 0 Å². The van der Waals surface area contributed by atoms with Gasteiger partial charge in [0.05, 0.1) is 6.17 Å². The lowest BCUT2D eigenvalue weighted by molar-refractivity contribution is -0.128. The quantitative estimate of drug-likeness (QED) is 0.357. The number of nitrogens with one attached hydrogen (secondary N) is 1. The second kappa shape index (κ2) is 11.2. The lowest BCUT2D eigenvalue weighted by Gasteiger charge is -2.38. The number of amides is 1. The molecule has 1 aromatic carbocycles. The molecule has 1 aliphatic carbocycles. The van der Waals surface area contributed by atoms with Gasteiger partial charge < -0.3 is 5.32 Å². The maximum Gasteiger partial charge on any atom is 0.283 e. The summed E-state index contributed by atoms with van der Waals surface area (Å²) < 4.78 is 0. The van der Waals surface area contributed by atoms with Crippen molar-refractivity contribution in [2.45, 2.75) is 57.8 Å². The minimum Gasteiger partial charge on any atom is -0.362 e. The van der Waals surface area contributed by atoms with Gasteiger partial charge in [0.2, 0.25) is 0 Å². The minimum atomic E-state index is -0.0971.